The highest BCUT2D eigenvalue weighted by Gasteiger charge is 2.14. The lowest BCUT2D eigenvalue weighted by Gasteiger charge is -2.13. The molecule has 0 spiro atoms. The van der Waals surface area contributed by atoms with Gasteiger partial charge in [0.2, 0.25) is 0 Å². The van der Waals surface area contributed by atoms with Gasteiger partial charge in [-0.25, -0.2) is 0 Å². The Labute approximate surface area is 145 Å². The van der Waals surface area contributed by atoms with E-state index in [-0.39, 0.29) is 11.6 Å². The number of benzene rings is 2. The van der Waals surface area contributed by atoms with Crippen molar-refractivity contribution in [2.24, 2.45) is 0 Å². The van der Waals surface area contributed by atoms with Crippen LogP contribution in [-0.2, 0) is 4.79 Å². The fraction of sp³-hybridized carbons (Fsp3) is 0.111. The lowest BCUT2D eigenvalue weighted by Crippen LogP contribution is -2.27. The predicted octanol–water partition coefficient (Wildman–Crippen LogP) is 4.78. The van der Waals surface area contributed by atoms with E-state index < -0.39 is 5.91 Å². The van der Waals surface area contributed by atoms with E-state index in [2.05, 4.69) is 5.32 Å². The van der Waals surface area contributed by atoms with Crippen molar-refractivity contribution in [1.82, 2.24) is 5.32 Å². The number of nitrogens with zero attached hydrogens (tertiary/aromatic N) is 1. The van der Waals surface area contributed by atoms with Crippen LogP contribution in [0.4, 0.5) is 0 Å². The van der Waals surface area contributed by atoms with Crippen molar-refractivity contribution in [3.05, 3.63) is 75.3 Å². The molecule has 0 aliphatic rings. The molecule has 0 unspecified atom stereocenters. The molecular formula is C18H14Cl2N2O. The second-order valence-corrected chi connectivity index (χ2v) is 5.70. The summed E-state index contributed by atoms with van der Waals surface area (Å²) in [5, 5.41) is 12.7. The molecule has 1 atom stereocenters. The zero-order chi connectivity index (χ0) is 16.8. The first-order valence-electron chi connectivity index (χ1n) is 6.94. The minimum Gasteiger partial charge on any atom is -0.345 e. The van der Waals surface area contributed by atoms with Gasteiger partial charge >= 0.3 is 0 Å². The predicted molar refractivity (Wildman–Crippen MR) is 93.1 cm³/mol. The standard InChI is InChI=1S/C18H14Cl2N2O/c1-12(13-6-3-2-4-7-13)22-18(23)15(11-21)10-14-8-5-9-16(19)17(14)20/h2-10,12H,1H3,(H,22,23)/b15-10+/t12-/m1/s1. The van der Waals surface area contributed by atoms with Crippen LogP contribution in [0, 0.1) is 11.3 Å². The molecule has 0 aromatic heterocycles. The van der Waals surface area contributed by atoms with Gasteiger partial charge in [-0.15, -0.1) is 0 Å². The lowest BCUT2D eigenvalue weighted by molar-refractivity contribution is -0.117. The second-order valence-electron chi connectivity index (χ2n) is 4.92. The molecule has 116 valence electrons. The molecule has 0 fully saturated rings. The largest absolute Gasteiger partial charge is 0.345 e. The molecule has 5 heteroatoms. The van der Waals surface area contributed by atoms with Gasteiger partial charge < -0.3 is 5.32 Å². The van der Waals surface area contributed by atoms with Gasteiger partial charge in [-0.1, -0.05) is 65.7 Å². The molecule has 23 heavy (non-hydrogen) atoms. The van der Waals surface area contributed by atoms with Crippen LogP contribution in [0.5, 0.6) is 0 Å². The van der Waals surface area contributed by atoms with Crippen LogP contribution < -0.4 is 5.32 Å². The smallest absolute Gasteiger partial charge is 0.262 e. The topological polar surface area (TPSA) is 52.9 Å². The molecule has 0 aliphatic heterocycles. The summed E-state index contributed by atoms with van der Waals surface area (Å²) in [5.74, 6) is -0.458. The molecule has 0 heterocycles. The summed E-state index contributed by atoms with van der Waals surface area (Å²) in [7, 11) is 0. The van der Waals surface area contributed by atoms with E-state index >= 15 is 0 Å². The van der Waals surface area contributed by atoms with Gasteiger partial charge in [0.25, 0.3) is 5.91 Å². The van der Waals surface area contributed by atoms with Crippen LogP contribution in [0.1, 0.15) is 24.1 Å². The quantitative estimate of drug-likeness (QED) is 0.641. The number of nitriles is 1. The second kappa shape index (κ2) is 7.82. The molecule has 2 aromatic rings. The third-order valence-electron chi connectivity index (χ3n) is 3.29. The average Bonchev–Trinajstić information content (AvgIpc) is 2.56. The Kier molecular flexibility index (Phi) is 5.81. The highest BCUT2D eigenvalue weighted by Crippen LogP contribution is 2.27. The number of halogens is 2. The molecule has 0 saturated carbocycles. The van der Waals surface area contributed by atoms with Gasteiger partial charge in [0.05, 0.1) is 16.1 Å². The Morgan fingerprint density at radius 3 is 2.52 bits per heavy atom. The Morgan fingerprint density at radius 1 is 1.17 bits per heavy atom. The molecular weight excluding hydrogens is 331 g/mol. The van der Waals surface area contributed by atoms with Crippen molar-refractivity contribution in [3.63, 3.8) is 0 Å². The lowest BCUT2D eigenvalue weighted by atomic mass is 10.1. The Morgan fingerprint density at radius 2 is 1.87 bits per heavy atom. The Balaban J connectivity index is 2.21. The van der Waals surface area contributed by atoms with Crippen LogP contribution in [0.25, 0.3) is 6.08 Å². The number of carbonyl (C=O) groups excluding carboxylic acids is 1. The van der Waals surface area contributed by atoms with E-state index in [1.165, 1.54) is 6.08 Å². The minimum absolute atomic E-state index is 0.0306. The summed E-state index contributed by atoms with van der Waals surface area (Å²) in [4.78, 5) is 12.3. The number of hydrogen-bond donors (Lipinski definition) is 1. The zero-order valence-electron chi connectivity index (χ0n) is 12.4. The highest BCUT2D eigenvalue weighted by molar-refractivity contribution is 6.43. The van der Waals surface area contributed by atoms with E-state index in [1.54, 1.807) is 18.2 Å². The van der Waals surface area contributed by atoms with Crippen molar-refractivity contribution in [2.75, 3.05) is 0 Å². The summed E-state index contributed by atoms with van der Waals surface area (Å²) in [6.07, 6.45) is 1.43. The molecule has 0 bridgehead atoms. The van der Waals surface area contributed by atoms with Crippen molar-refractivity contribution >= 4 is 35.2 Å². The maximum atomic E-state index is 12.3. The van der Waals surface area contributed by atoms with Crippen LogP contribution in [0.3, 0.4) is 0 Å². The zero-order valence-corrected chi connectivity index (χ0v) is 13.9. The fourth-order valence-electron chi connectivity index (χ4n) is 2.04. The van der Waals surface area contributed by atoms with E-state index in [0.717, 1.165) is 5.56 Å². The molecule has 2 aromatic carbocycles. The first-order chi connectivity index (χ1) is 11.0. The van der Waals surface area contributed by atoms with E-state index in [0.29, 0.717) is 15.6 Å². The van der Waals surface area contributed by atoms with Gasteiger partial charge in [-0.05, 0) is 30.2 Å². The fourth-order valence-corrected chi connectivity index (χ4v) is 2.40. The van der Waals surface area contributed by atoms with Crippen molar-refractivity contribution in [1.29, 1.82) is 5.26 Å². The minimum atomic E-state index is -0.458. The van der Waals surface area contributed by atoms with Gasteiger partial charge in [0.15, 0.2) is 0 Å². The van der Waals surface area contributed by atoms with Crippen LogP contribution in [0.2, 0.25) is 10.0 Å². The van der Waals surface area contributed by atoms with Gasteiger partial charge in [-0.3, -0.25) is 4.79 Å². The van der Waals surface area contributed by atoms with Gasteiger partial charge in [0.1, 0.15) is 11.6 Å². The summed E-state index contributed by atoms with van der Waals surface area (Å²) in [5.41, 5.74) is 1.45. The van der Waals surface area contributed by atoms with Gasteiger partial charge in [-0.2, -0.15) is 5.26 Å². The highest BCUT2D eigenvalue weighted by atomic mass is 35.5. The third-order valence-corrected chi connectivity index (χ3v) is 4.13. The van der Waals surface area contributed by atoms with Crippen LogP contribution >= 0.6 is 23.2 Å². The SMILES string of the molecule is C[C@@H](NC(=O)/C(C#N)=C/c1cccc(Cl)c1Cl)c1ccccc1. The molecule has 0 aliphatic carbocycles. The van der Waals surface area contributed by atoms with E-state index in [4.69, 9.17) is 23.2 Å². The summed E-state index contributed by atoms with van der Waals surface area (Å²) in [6.45, 7) is 1.86. The van der Waals surface area contributed by atoms with Crippen LogP contribution in [-0.4, -0.2) is 5.91 Å². The summed E-state index contributed by atoms with van der Waals surface area (Å²) < 4.78 is 0. The first kappa shape index (κ1) is 17.1. The number of carbonyl (C=O) groups is 1. The molecule has 1 amide bonds. The molecule has 1 N–H and O–H groups in total. The van der Waals surface area contributed by atoms with Gasteiger partial charge in [0, 0.05) is 0 Å². The number of nitrogens with one attached hydrogen (secondary N) is 1. The maximum Gasteiger partial charge on any atom is 0.262 e. The Bertz CT molecular complexity index is 779. The van der Waals surface area contributed by atoms with E-state index in [9.17, 15) is 10.1 Å². The van der Waals surface area contributed by atoms with Crippen molar-refractivity contribution < 1.29 is 4.79 Å². The van der Waals surface area contributed by atoms with Crippen molar-refractivity contribution in [3.8, 4) is 6.07 Å². The normalized spacial score (nSPS) is 12.3. The summed E-state index contributed by atoms with van der Waals surface area (Å²) in [6, 6.07) is 16.2. The Hall–Kier alpha value is -2.28. The molecule has 0 radical (unpaired) electrons. The van der Waals surface area contributed by atoms with E-state index in [1.807, 2.05) is 43.3 Å². The monoisotopic (exact) mass is 344 g/mol. The average molecular weight is 345 g/mol. The third kappa shape index (κ3) is 4.35. The molecule has 0 saturated heterocycles. The maximum absolute atomic E-state index is 12.3. The van der Waals surface area contributed by atoms with Crippen LogP contribution in [0.15, 0.2) is 54.1 Å². The molecule has 3 nitrogen and oxygen atoms in total. The first-order valence-corrected chi connectivity index (χ1v) is 7.70. The number of hydrogen-bond acceptors (Lipinski definition) is 2. The van der Waals surface area contributed by atoms with Crippen molar-refractivity contribution in [2.45, 2.75) is 13.0 Å². The molecule has 2 rings (SSSR count). The summed E-state index contributed by atoms with van der Waals surface area (Å²) >= 11 is 12.0. The number of rotatable bonds is 4. The number of amides is 1.